The second kappa shape index (κ2) is 6.88. The smallest absolute Gasteiger partial charge is 0.325 e. The molecule has 0 aromatic carbocycles. The Bertz CT molecular complexity index is 387. The van der Waals surface area contributed by atoms with E-state index in [1.165, 1.54) is 0 Å². The summed E-state index contributed by atoms with van der Waals surface area (Å²) in [5, 5.41) is 0. The van der Waals surface area contributed by atoms with Gasteiger partial charge in [-0.05, 0) is 44.4 Å². The molecule has 0 rings (SSSR count). The Morgan fingerprint density at radius 1 is 0.895 bits per heavy atom. The van der Waals surface area contributed by atoms with E-state index in [1.807, 2.05) is 0 Å². The largest absolute Gasteiger partial charge is 0.325 e. The van der Waals surface area contributed by atoms with Gasteiger partial charge < -0.3 is 28.3 Å². The molecule has 0 radical (unpaired) electrons. The van der Waals surface area contributed by atoms with Gasteiger partial charge in [0.2, 0.25) is 0 Å². The van der Waals surface area contributed by atoms with Crippen LogP contribution in [0, 0.1) is 5.41 Å². The third-order valence-corrected chi connectivity index (χ3v) is 4.19. The summed E-state index contributed by atoms with van der Waals surface area (Å²) in [6.07, 6.45) is 0. The van der Waals surface area contributed by atoms with E-state index in [4.69, 9.17) is 35.2 Å². The van der Waals surface area contributed by atoms with Crippen molar-refractivity contribution in [1.82, 2.24) is 0 Å². The topological polar surface area (TPSA) is 88.4 Å². The third kappa shape index (κ3) is 12.5. The molecule has 0 aromatic rings. The maximum absolute atomic E-state index is 9.87. The molecule has 1 atom stereocenters. The predicted octanol–water partition coefficient (Wildman–Crippen LogP) is 2.29. The van der Waals surface area contributed by atoms with E-state index in [-0.39, 0.29) is 13.2 Å². The van der Waals surface area contributed by atoms with Crippen molar-refractivity contribution in [3.05, 3.63) is 0 Å². The number of hydrogen-bond donors (Lipinski definition) is 3. The second-order valence-electron chi connectivity index (χ2n) is 5.87. The molecule has 0 aromatic heterocycles. The first-order chi connectivity index (χ1) is 8.12. The van der Waals surface area contributed by atoms with Gasteiger partial charge in [0.25, 0.3) is 0 Å². The molecule has 0 aliphatic rings. The Morgan fingerprint density at radius 2 is 1.32 bits per heavy atom. The first kappa shape index (κ1) is 20.1. The molecule has 0 spiro atoms. The van der Waals surface area contributed by atoms with Crippen molar-refractivity contribution in [2.75, 3.05) is 13.2 Å². The maximum atomic E-state index is 9.87. The lowest BCUT2D eigenvalue weighted by Gasteiger charge is -2.30. The van der Waals surface area contributed by atoms with Gasteiger partial charge in [-0.3, -0.25) is 0 Å². The summed E-state index contributed by atoms with van der Waals surface area (Å²) in [5.74, 6) is 0. The lowest BCUT2D eigenvalue weighted by molar-refractivity contribution is 0.0551. The molecule has 0 saturated heterocycles. The summed E-state index contributed by atoms with van der Waals surface area (Å²) in [7, 11) is 0. The second-order valence-corrected chi connectivity index (χ2v) is 11.3. The molecule has 19 heavy (non-hydrogen) atoms. The Hall–Kier alpha value is 1.06. The highest BCUT2D eigenvalue weighted by Crippen LogP contribution is 2.49. The summed E-state index contributed by atoms with van der Waals surface area (Å²) in [6, 6.07) is 0. The Balaban J connectivity index is 4.38. The van der Waals surface area contributed by atoms with E-state index >= 15 is 0 Å². The quantitative estimate of drug-likeness (QED) is 0.602. The van der Waals surface area contributed by atoms with Gasteiger partial charge in [-0.1, -0.05) is 13.8 Å². The molecule has 0 heterocycles. The van der Waals surface area contributed by atoms with Crippen LogP contribution in [-0.2, 0) is 37.2 Å². The lowest BCUT2D eigenvalue weighted by atomic mass is 9.97. The molecule has 1 unspecified atom stereocenters. The molecule has 0 aliphatic heterocycles. The van der Waals surface area contributed by atoms with Crippen molar-refractivity contribution >= 4 is 37.1 Å². The monoisotopic (exact) mass is 352 g/mol. The SMILES string of the molecule is CC(C)(COP(O)(O)=S)COP(O)(=S)OC(C)(C)C. The van der Waals surface area contributed by atoms with Crippen molar-refractivity contribution in [2.45, 2.75) is 40.2 Å². The van der Waals surface area contributed by atoms with Gasteiger partial charge in [0.15, 0.2) is 0 Å². The van der Waals surface area contributed by atoms with Crippen LogP contribution >= 0.6 is 13.4 Å². The molecule has 0 bridgehead atoms. The summed E-state index contributed by atoms with van der Waals surface area (Å²) in [5.41, 5.74) is -1.20. The predicted molar refractivity (Wildman–Crippen MR) is 81.7 cm³/mol. The lowest BCUT2D eigenvalue weighted by Crippen LogP contribution is -2.26. The van der Waals surface area contributed by atoms with Gasteiger partial charge in [0.1, 0.15) is 0 Å². The molecule has 0 aliphatic carbocycles. The fourth-order valence-electron chi connectivity index (χ4n) is 0.929. The number of hydrogen-bond acceptors (Lipinski definition) is 5. The van der Waals surface area contributed by atoms with Gasteiger partial charge in [0.05, 0.1) is 18.8 Å². The summed E-state index contributed by atoms with van der Waals surface area (Å²) < 4.78 is 15.3. The first-order valence-corrected chi connectivity index (χ1v) is 10.7. The molecule has 0 amide bonds. The summed E-state index contributed by atoms with van der Waals surface area (Å²) in [4.78, 5) is 27.9. The van der Waals surface area contributed by atoms with E-state index in [1.54, 1.807) is 34.6 Å². The average Bonchev–Trinajstić information content (AvgIpc) is 2.08. The van der Waals surface area contributed by atoms with Crippen LogP contribution in [0.5, 0.6) is 0 Å². The van der Waals surface area contributed by atoms with Crippen molar-refractivity contribution in [1.29, 1.82) is 0 Å². The van der Waals surface area contributed by atoms with E-state index in [2.05, 4.69) is 11.8 Å². The van der Waals surface area contributed by atoms with Crippen LogP contribution in [0.25, 0.3) is 0 Å². The first-order valence-electron chi connectivity index (χ1n) is 5.50. The molecule has 116 valence electrons. The Kier molecular flexibility index (Phi) is 7.26. The minimum Gasteiger partial charge on any atom is -0.325 e. The minimum atomic E-state index is -3.69. The van der Waals surface area contributed by atoms with E-state index in [0.717, 1.165) is 0 Å². The maximum Gasteiger partial charge on any atom is 0.325 e. The molecular formula is C9H22O6P2S2. The van der Waals surface area contributed by atoms with Crippen LogP contribution in [0.4, 0.5) is 0 Å². The van der Waals surface area contributed by atoms with E-state index in [0.29, 0.717) is 0 Å². The van der Waals surface area contributed by atoms with Gasteiger partial charge in [-0.2, -0.15) is 0 Å². The third-order valence-electron chi connectivity index (χ3n) is 1.63. The van der Waals surface area contributed by atoms with E-state index < -0.39 is 24.5 Å². The van der Waals surface area contributed by atoms with Crippen LogP contribution in [0.15, 0.2) is 0 Å². The number of rotatable bonds is 7. The zero-order valence-electron chi connectivity index (χ0n) is 11.7. The standard InChI is InChI=1S/C9H22O6P2S2/c1-8(2,3)15-17(12,19)14-7-9(4,5)6-13-16(10,11)18/h6-7H2,1-5H3,(H,12,19)(H2,10,11,18). The van der Waals surface area contributed by atoms with Crippen LogP contribution in [0.1, 0.15) is 34.6 Å². The molecule has 3 N–H and O–H groups in total. The molecule has 10 heteroatoms. The Labute approximate surface area is 124 Å². The summed E-state index contributed by atoms with van der Waals surface area (Å²) >= 11 is 9.24. The molecule has 0 fully saturated rings. The highest BCUT2D eigenvalue weighted by molar-refractivity contribution is 8.07. The zero-order valence-corrected chi connectivity index (χ0v) is 15.1. The molecular weight excluding hydrogens is 330 g/mol. The van der Waals surface area contributed by atoms with Crippen molar-refractivity contribution in [3.63, 3.8) is 0 Å². The van der Waals surface area contributed by atoms with Crippen LogP contribution in [0.2, 0.25) is 0 Å². The van der Waals surface area contributed by atoms with Crippen molar-refractivity contribution < 1.29 is 28.3 Å². The van der Waals surface area contributed by atoms with Crippen LogP contribution < -0.4 is 0 Å². The van der Waals surface area contributed by atoms with Crippen LogP contribution in [0.3, 0.4) is 0 Å². The van der Waals surface area contributed by atoms with Gasteiger partial charge in [-0.25, -0.2) is 0 Å². The van der Waals surface area contributed by atoms with Crippen LogP contribution in [-0.4, -0.2) is 33.5 Å². The van der Waals surface area contributed by atoms with Gasteiger partial charge in [-0.15, -0.1) is 0 Å². The van der Waals surface area contributed by atoms with Crippen molar-refractivity contribution in [3.8, 4) is 0 Å². The Morgan fingerprint density at radius 3 is 1.68 bits per heavy atom. The van der Waals surface area contributed by atoms with E-state index in [9.17, 15) is 4.89 Å². The highest BCUT2D eigenvalue weighted by Gasteiger charge is 2.29. The fourth-order valence-corrected chi connectivity index (χ4v) is 3.69. The fraction of sp³-hybridized carbons (Fsp3) is 1.00. The summed E-state index contributed by atoms with van der Waals surface area (Å²) in [6.45, 7) is 1.78. The molecule has 6 nitrogen and oxygen atoms in total. The van der Waals surface area contributed by atoms with Gasteiger partial charge in [0, 0.05) is 5.41 Å². The molecule has 0 saturated carbocycles. The normalized spacial score (nSPS) is 17.3. The van der Waals surface area contributed by atoms with Gasteiger partial charge >= 0.3 is 13.4 Å². The highest BCUT2D eigenvalue weighted by atomic mass is 32.5. The minimum absolute atomic E-state index is 0.0257. The average molecular weight is 352 g/mol. The van der Waals surface area contributed by atoms with Crippen molar-refractivity contribution in [2.24, 2.45) is 5.41 Å². The zero-order chi connectivity index (χ0) is 15.5.